The third kappa shape index (κ3) is 4.01. The molecule has 5 heteroatoms. The second kappa shape index (κ2) is 6.63. The summed E-state index contributed by atoms with van der Waals surface area (Å²) in [6.45, 7) is 2.99. The average Bonchev–Trinajstić information content (AvgIpc) is 2.87. The van der Waals surface area contributed by atoms with Crippen molar-refractivity contribution in [2.45, 2.75) is 13.0 Å². The van der Waals surface area contributed by atoms with E-state index in [-0.39, 0.29) is 12.5 Å². The first-order valence-corrected chi connectivity index (χ1v) is 6.65. The van der Waals surface area contributed by atoms with Crippen LogP contribution in [0.15, 0.2) is 24.5 Å². The highest BCUT2D eigenvalue weighted by atomic mass is 16.3. The minimum Gasteiger partial charge on any atom is -0.387 e. The lowest BCUT2D eigenvalue weighted by Crippen LogP contribution is -2.33. The molecule has 0 aromatic carbocycles. The van der Waals surface area contributed by atoms with E-state index in [4.69, 9.17) is 5.11 Å². The van der Waals surface area contributed by atoms with E-state index < -0.39 is 0 Å². The van der Waals surface area contributed by atoms with Crippen LogP contribution in [0.1, 0.15) is 12.0 Å². The molecule has 0 radical (unpaired) electrons. The second-order valence-electron chi connectivity index (χ2n) is 5.21. The summed E-state index contributed by atoms with van der Waals surface area (Å²) in [7, 11) is 2.09. The molecule has 1 aliphatic rings. The average molecular weight is 263 g/mol. The lowest BCUT2D eigenvalue weighted by atomic mass is 10.1. The molecule has 1 amide bonds. The first-order chi connectivity index (χ1) is 9.19. The topological polar surface area (TPSA) is 56.7 Å². The number of aromatic nitrogens is 1. The van der Waals surface area contributed by atoms with Crippen molar-refractivity contribution in [3.63, 3.8) is 0 Å². The number of carbonyl (C=O) groups excluding carboxylic acids is 1. The van der Waals surface area contributed by atoms with E-state index >= 15 is 0 Å². The quantitative estimate of drug-likeness (QED) is 0.833. The predicted octanol–water partition coefficient (Wildman–Crippen LogP) is 0.354. The van der Waals surface area contributed by atoms with Gasteiger partial charge in [-0.2, -0.15) is 0 Å². The van der Waals surface area contributed by atoms with Gasteiger partial charge in [0.1, 0.15) is 6.61 Å². The van der Waals surface area contributed by atoms with E-state index in [0.29, 0.717) is 5.92 Å². The summed E-state index contributed by atoms with van der Waals surface area (Å²) < 4.78 is 0. The van der Waals surface area contributed by atoms with E-state index in [9.17, 15) is 4.79 Å². The Hall–Kier alpha value is -1.46. The van der Waals surface area contributed by atoms with E-state index in [0.717, 1.165) is 32.6 Å². The Bertz CT molecular complexity index is 410. The number of amides is 1. The number of hydrogen-bond acceptors (Lipinski definition) is 4. The molecule has 104 valence electrons. The van der Waals surface area contributed by atoms with Gasteiger partial charge in [0.05, 0.1) is 0 Å². The Morgan fingerprint density at radius 1 is 1.63 bits per heavy atom. The number of rotatable bonds is 5. The maximum atomic E-state index is 11.4. The Morgan fingerprint density at radius 2 is 2.47 bits per heavy atom. The van der Waals surface area contributed by atoms with Crippen molar-refractivity contribution >= 4 is 5.91 Å². The summed E-state index contributed by atoms with van der Waals surface area (Å²) >= 11 is 0. The molecule has 1 atom stereocenters. The van der Waals surface area contributed by atoms with Gasteiger partial charge in [-0.3, -0.25) is 9.78 Å². The van der Waals surface area contributed by atoms with Crippen LogP contribution in [0.5, 0.6) is 0 Å². The number of carbonyl (C=O) groups is 1. The molecular formula is C14H21N3O2. The molecule has 0 spiro atoms. The number of aliphatic hydroxyl groups is 1. The van der Waals surface area contributed by atoms with Gasteiger partial charge in [-0.15, -0.1) is 0 Å². The van der Waals surface area contributed by atoms with Crippen LogP contribution < -0.4 is 0 Å². The van der Waals surface area contributed by atoms with Gasteiger partial charge >= 0.3 is 0 Å². The Kier molecular flexibility index (Phi) is 4.87. The lowest BCUT2D eigenvalue weighted by Gasteiger charge is -2.21. The molecule has 0 saturated carbocycles. The zero-order valence-electron chi connectivity index (χ0n) is 11.3. The number of aliphatic hydroxyl groups excluding tert-OH is 1. The van der Waals surface area contributed by atoms with Gasteiger partial charge in [0.25, 0.3) is 0 Å². The van der Waals surface area contributed by atoms with Crippen LogP contribution in [0, 0.1) is 5.92 Å². The Balaban J connectivity index is 1.78. The minimum absolute atomic E-state index is 0.155. The fourth-order valence-corrected chi connectivity index (χ4v) is 2.62. The molecule has 0 aliphatic carbocycles. The Labute approximate surface area is 113 Å². The van der Waals surface area contributed by atoms with Crippen LogP contribution in [0.2, 0.25) is 0 Å². The van der Waals surface area contributed by atoms with E-state index in [1.54, 1.807) is 11.1 Å². The van der Waals surface area contributed by atoms with Crippen molar-refractivity contribution < 1.29 is 9.90 Å². The number of pyridine rings is 1. The molecule has 1 aromatic heterocycles. The van der Waals surface area contributed by atoms with Crippen LogP contribution in [-0.4, -0.2) is 59.1 Å². The molecule has 1 aliphatic heterocycles. The van der Waals surface area contributed by atoms with Gasteiger partial charge in [-0.05, 0) is 31.0 Å². The van der Waals surface area contributed by atoms with Gasteiger partial charge < -0.3 is 14.9 Å². The molecule has 1 N–H and O–H groups in total. The zero-order valence-corrected chi connectivity index (χ0v) is 11.3. The van der Waals surface area contributed by atoms with Gasteiger partial charge in [0, 0.05) is 38.6 Å². The first-order valence-electron chi connectivity index (χ1n) is 6.65. The lowest BCUT2D eigenvalue weighted by molar-refractivity contribution is -0.133. The summed E-state index contributed by atoms with van der Waals surface area (Å²) in [5.74, 6) is 0.342. The highest BCUT2D eigenvalue weighted by Gasteiger charge is 2.26. The summed E-state index contributed by atoms with van der Waals surface area (Å²) in [4.78, 5) is 19.5. The van der Waals surface area contributed by atoms with Gasteiger partial charge in [0.2, 0.25) is 5.91 Å². The number of likely N-dealkylation sites (tertiary alicyclic amines) is 1. The van der Waals surface area contributed by atoms with Crippen LogP contribution in [0.25, 0.3) is 0 Å². The third-order valence-corrected chi connectivity index (χ3v) is 3.52. The van der Waals surface area contributed by atoms with Crippen LogP contribution in [-0.2, 0) is 11.3 Å². The summed E-state index contributed by atoms with van der Waals surface area (Å²) in [5, 5.41) is 8.85. The molecule has 1 unspecified atom stereocenters. The van der Waals surface area contributed by atoms with Crippen molar-refractivity contribution in [1.29, 1.82) is 0 Å². The van der Waals surface area contributed by atoms with E-state index in [1.165, 1.54) is 5.56 Å². The van der Waals surface area contributed by atoms with Crippen LogP contribution in [0.3, 0.4) is 0 Å². The maximum absolute atomic E-state index is 11.4. The largest absolute Gasteiger partial charge is 0.387 e. The summed E-state index contributed by atoms with van der Waals surface area (Å²) in [6.07, 6.45) is 4.68. The molecule has 5 nitrogen and oxygen atoms in total. The Morgan fingerprint density at radius 3 is 3.16 bits per heavy atom. The number of hydrogen-bond donors (Lipinski definition) is 1. The third-order valence-electron chi connectivity index (χ3n) is 3.52. The molecule has 0 bridgehead atoms. The van der Waals surface area contributed by atoms with Crippen molar-refractivity contribution in [3.05, 3.63) is 30.1 Å². The number of nitrogens with zero attached hydrogens (tertiary/aromatic N) is 3. The monoisotopic (exact) mass is 263 g/mol. The first kappa shape index (κ1) is 14.0. The standard InChI is InChI=1S/C14H21N3O2/c1-16(8-12-3-2-5-15-7-12)9-13-4-6-17(10-13)14(19)11-18/h2-3,5,7,13,18H,4,6,8-11H2,1H3. The molecule has 1 aromatic rings. The van der Waals surface area contributed by atoms with E-state index in [2.05, 4.69) is 23.0 Å². The van der Waals surface area contributed by atoms with Crippen molar-refractivity contribution in [2.75, 3.05) is 33.3 Å². The van der Waals surface area contributed by atoms with Crippen molar-refractivity contribution in [1.82, 2.24) is 14.8 Å². The minimum atomic E-state index is -0.377. The fraction of sp³-hybridized carbons (Fsp3) is 0.571. The predicted molar refractivity (Wildman–Crippen MR) is 72.3 cm³/mol. The van der Waals surface area contributed by atoms with Crippen molar-refractivity contribution in [2.24, 2.45) is 5.92 Å². The van der Waals surface area contributed by atoms with E-state index in [1.807, 2.05) is 12.3 Å². The second-order valence-corrected chi connectivity index (χ2v) is 5.21. The van der Waals surface area contributed by atoms with Gasteiger partial charge in [-0.25, -0.2) is 0 Å². The smallest absolute Gasteiger partial charge is 0.248 e. The highest BCUT2D eigenvalue weighted by Crippen LogP contribution is 2.17. The summed E-state index contributed by atoms with van der Waals surface area (Å²) in [6, 6.07) is 4.01. The zero-order chi connectivity index (χ0) is 13.7. The molecule has 1 fully saturated rings. The molecular weight excluding hydrogens is 242 g/mol. The SMILES string of the molecule is CN(Cc1cccnc1)CC1CCN(C(=O)CO)C1. The summed E-state index contributed by atoms with van der Waals surface area (Å²) in [5.41, 5.74) is 1.20. The van der Waals surface area contributed by atoms with Crippen molar-refractivity contribution in [3.8, 4) is 0 Å². The van der Waals surface area contributed by atoms with Crippen LogP contribution >= 0.6 is 0 Å². The van der Waals surface area contributed by atoms with Gasteiger partial charge in [-0.1, -0.05) is 6.07 Å². The van der Waals surface area contributed by atoms with Gasteiger partial charge in [0.15, 0.2) is 0 Å². The normalized spacial score (nSPS) is 19.1. The molecule has 1 saturated heterocycles. The molecule has 2 heterocycles. The molecule has 19 heavy (non-hydrogen) atoms. The maximum Gasteiger partial charge on any atom is 0.248 e. The molecule has 2 rings (SSSR count). The highest BCUT2D eigenvalue weighted by molar-refractivity contribution is 5.77. The fourth-order valence-electron chi connectivity index (χ4n) is 2.62. The van der Waals surface area contributed by atoms with Crippen LogP contribution in [0.4, 0.5) is 0 Å².